The van der Waals surface area contributed by atoms with Crippen molar-refractivity contribution < 1.29 is 4.42 Å². The Hall–Kier alpha value is -8.14. The topological polar surface area (TPSA) is 38.9 Å². The molecule has 284 valence electrons. The highest BCUT2D eigenvalue weighted by molar-refractivity contribution is 6.23. The molecule has 0 aliphatic rings. The van der Waals surface area contributed by atoms with Crippen LogP contribution in [0.4, 0.5) is 0 Å². The fraction of sp³-hybridized carbons (Fsp3) is 0. The summed E-state index contributed by atoms with van der Waals surface area (Å²) in [6, 6.07) is 75.5. The Morgan fingerprint density at radius 1 is 0.295 bits per heavy atom. The second-order valence-electron chi connectivity index (χ2n) is 15.7. The molecule has 0 bridgehead atoms. The Labute approximate surface area is 352 Å². The number of benzene rings is 10. The van der Waals surface area contributed by atoms with Crippen LogP contribution in [0.3, 0.4) is 0 Å². The third-order valence-electron chi connectivity index (χ3n) is 12.1. The van der Waals surface area contributed by atoms with E-state index in [-0.39, 0.29) is 0 Å². The molecule has 0 unspecified atom stereocenters. The maximum absolute atomic E-state index is 6.79. The smallest absolute Gasteiger partial charge is 0.143 e. The number of rotatable bonds is 6. The molecule has 3 nitrogen and oxygen atoms in total. The van der Waals surface area contributed by atoms with E-state index in [0.717, 1.165) is 88.4 Å². The molecule has 0 saturated carbocycles. The Balaban J connectivity index is 0.976. The van der Waals surface area contributed by atoms with E-state index < -0.39 is 0 Å². The maximum Gasteiger partial charge on any atom is 0.143 e. The van der Waals surface area contributed by atoms with E-state index in [4.69, 9.17) is 14.4 Å². The molecule has 0 aliphatic heterocycles. The molecule has 12 rings (SSSR count). The first-order chi connectivity index (χ1) is 30.2. The number of hydrogen-bond acceptors (Lipinski definition) is 3. The van der Waals surface area contributed by atoms with Gasteiger partial charge in [-0.05, 0) is 85.1 Å². The molecule has 0 atom stereocenters. The lowest BCUT2D eigenvalue weighted by Gasteiger charge is -2.11. The molecule has 61 heavy (non-hydrogen) atoms. The van der Waals surface area contributed by atoms with Gasteiger partial charge in [-0.1, -0.05) is 188 Å². The van der Waals surface area contributed by atoms with E-state index in [1.54, 1.807) is 0 Å². The quantitative estimate of drug-likeness (QED) is 0.158. The number of furan rings is 1. The van der Waals surface area contributed by atoms with Crippen LogP contribution in [0, 0.1) is 0 Å². The van der Waals surface area contributed by atoms with Crippen molar-refractivity contribution in [3.05, 3.63) is 219 Å². The Bertz CT molecular complexity index is 3560. The van der Waals surface area contributed by atoms with Gasteiger partial charge in [0.15, 0.2) is 0 Å². The molecule has 0 aliphatic carbocycles. The molecule has 10 aromatic carbocycles. The van der Waals surface area contributed by atoms with Crippen LogP contribution in [0.5, 0.6) is 0 Å². The van der Waals surface area contributed by atoms with E-state index in [1.807, 2.05) is 6.20 Å². The molecule has 0 radical (unpaired) electrons. The fourth-order valence-corrected chi connectivity index (χ4v) is 8.99. The van der Waals surface area contributed by atoms with E-state index in [9.17, 15) is 0 Å². The Morgan fingerprint density at radius 2 is 0.738 bits per heavy atom. The molecule has 0 fully saturated rings. The molecular formula is C58H36N2O. The van der Waals surface area contributed by atoms with Gasteiger partial charge in [0.1, 0.15) is 11.2 Å². The molecule has 2 heterocycles. The zero-order valence-electron chi connectivity index (χ0n) is 33.1. The van der Waals surface area contributed by atoms with Gasteiger partial charge in [0, 0.05) is 32.7 Å². The summed E-state index contributed by atoms with van der Waals surface area (Å²) in [5.41, 5.74) is 16.9. The summed E-state index contributed by atoms with van der Waals surface area (Å²) < 4.78 is 6.79. The van der Waals surface area contributed by atoms with Gasteiger partial charge in [-0.3, -0.25) is 4.98 Å². The number of nitrogens with zero attached hydrogens (tertiary/aromatic N) is 2. The first-order valence-electron chi connectivity index (χ1n) is 20.7. The van der Waals surface area contributed by atoms with Crippen molar-refractivity contribution in [1.82, 2.24) is 9.97 Å². The van der Waals surface area contributed by atoms with Crippen LogP contribution < -0.4 is 0 Å². The Kier molecular flexibility index (Phi) is 8.17. The second-order valence-corrected chi connectivity index (χ2v) is 15.7. The third kappa shape index (κ3) is 6.06. The zero-order valence-corrected chi connectivity index (χ0v) is 33.1. The summed E-state index contributed by atoms with van der Waals surface area (Å²) in [4.78, 5) is 10.3. The minimum atomic E-state index is 0.838. The standard InChI is InChI=1S/C58H36N2O/c1-3-11-37(12-4-1)39-19-23-41(24-20-39)45-31-32-55-52(33-45)53-35-46(42-25-21-40(22-26-42)38-13-5-2-6-14-38)34-51(58(53)61-55)43-27-29-44(30-28-43)54-36-59-56-49-17-9-7-15-47(49)48-16-8-10-18-50(48)57(56)60-54/h1-36H. The van der Waals surface area contributed by atoms with Crippen molar-refractivity contribution in [2.24, 2.45) is 0 Å². The van der Waals surface area contributed by atoms with Gasteiger partial charge in [-0.25, -0.2) is 4.98 Å². The van der Waals surface area contributed by atoms with Gasteiger partial charge >= 0.3 is 0 Å². The molecule has 0 spiro atoms. The van der Waals surface area contributed by atoms with Crippen molar-refractivity contribution in [3.63, 3.8) is 0 Å². The van der Waals surface area contributed by atoms with Gasteiger partial charge in [0.2, 0.25) is 0 Å². The van der Waals surface area contributed by atoms with Crippen LogP contribution in [-0.2, 0) is 0 Å². The van der Waals surface area contributed by atoms with Crippen LogP contribution in [0.25, 0.3) is 121 Å². The lowest BCUT2D eigenvalue weighted by atomic mass is 9.93. The zero-order chi connectivity index (χ0) is 40.3. The minimum Gasteiger partial charge on any atom is -0.455 e. The van der Waals surface area contributed by atoms with E-state index >= 15 is 0 Å². The minimum absolute atomic E-state index is 0.838. The summed E-state index contributed by atoms with van der Waals surface area (Å²) >= 11 is 0. The lowest BCUT2D eigenvalue weighted by molar-refractivity contribution is 0.670. The van der Waals surface area contributed by atoms with Crippen LogP contribution >= 0.6 is 0 Å². The Morgan fingerprint density at radius 3 is 1.34 bits per heavy atom. The third-order valence-corrected chi connectivity index (χ3v) is 12.1. The molecule has 0 N–H and O–H groups in total. The summed E-state index contributed by atoms with van der Waals surface area (Å²) in [5, 5.41) is 6.77. The number of aromatic nitrogens is 2. The summed E-state index contributed by atoms with van der Waals surface area (Å²) in [6.07, 6.45) is 1.91. The molecule has 3 heteroatoms. The first kappa shape index (κ1) is 34.9. The summed E-state index contributed by atoms with van der Waals surface area (Å²) in [6.45, 7) is 0. The molecule has 0 amide bonds. The van der Waals surface area contributed by atoms with Gasteiger partial charge in [0.05, 0.1) is 22.9 Å². The monoisotopic (exact) mass is 776 g/mol. The van der Waals surface area contributed by atoms with Crippen molar-refractivity contribution in [1.29, 1.82) is 0 Å². The summed E-state index contributed by atoms with van der Waals surface area (Å²) in [5.74, 6) is 0. The normalized spacial score (nSPS) is 11.6. The van der Waals surface area contributed by atoms with Crippen molar-refractivity contribution in [3.8, 4) is 66.9 Å². The molecule has 2 aromatic heterocycles. The summed E-state index contributed by atoms with van der Waals surface area (Å²) in [7, 11) is 0. The van der Waals surface area contributed by atoms with Crippen molar-refractivity contribution >= 4 is 54.5 Å². The predicted octanol–water partition coefficient (Wildman–Crippen LogP) is 15.8. The highest BCUT2D eigenvalue weighted by Crippen LogP contribution is 2.42. The highest BCUT2D eigenvalue weighted by Gasteiger charge is 2.18. The second kappa shape index (κ2) is 14.3. The van der Waals surface area contributed by atoms with Gasteiger partial charge < -0.3 is 4.42 Å². The van der Waals surface area contributed by atoms with Crippen LogP contribution in [-0.4, -0.2) is 9.97 Å². The molecule has 12 aromatic rings. The average molecular weight is 777 g/mol. The van der Waals surface area contributed by atoms with Gasteiger partial charge in [0.25, 0.3) is 0 Å². The number of fused-ring (bicyclic) bond motifs is 9. The van der Waals surface area contributed by atoms with E-state index in [0.29, 0.717) is 0 Å². The lowest BCUT2D eigenvalue weighted by Crippen LogP contribution is -1.92. The fourth-order valence-electron chi connectivity index (χ4n) is 8.99. The molecular weight excluding hydrogens is 741 g/mol. The predicted molar refractivity (Wildman–Crippen MR) is 254 cm³/mol. The van der Waals surface area contributed by atoms with Gasteiger partial charge in [-0.15, -0.1) is 0 Å². The largest absolute Gasteiger partial charge is 0.455 e. The maximum atomic E-state index is 6.79. The van der Waals surface area contributed by atoms with Crippen LogP contribution in [0.2, 0.25) is 0 Å². The van der Waals surface area contributed by atoms with E-state index in [1.165, 1.54) is 33.0 Å². The number of hydrogen-bond donors (Lipinski definition) is 0. The van der Waals surface area contributed by atoms with Crippen molar-refractivity contribution in [2.75, 3.05) is 0 Å². The van der Waals surface area contributed by atoms with E-state index in [2.05, 4.69) is 212 Å². The molecule has 0 saturated heterocycles. The SMILES string of the molecule is c1ccc(-c2ccc(-c3ccc4oc5c(-c6ccc(-c7cnc8c9ccccc9c9ccccc9c8n7)cc6)cc(-c6ccc(-c7ccccc7)cc6)cc5c4c3)cc2)cc1. The van der Waals surface area contributed by atoms with Crippen molar-refractivity contribution in [2.45, 2.75) is 0 Å². The van der Waals surface area contributed by atoms with Crippen LogP contribution in [0.15, 0.2) is 223 Å². The average Bonchev–Trinajstić information content (AvgIpc) is 3.72. The highest BCUT2D eigenvalue weighted by atomic mass is 16.3. The van der Waals surface area contributed by atoms with Gasteiger partial charge in [-0.2, -0.15) is 0 Å². The van der Waals surface area contributed by atoms with Crippen LogP contribution in [0.1, 0.15) is 0 Å². The first-order valence-corrected chi connectivity index (χ1v) is 20.7.